The zero-order valence-corrected chi connectivity index (χ0v) is 19.8. The van der Waals surface area contributed by atoms with Gasteiger partial charge in [-0.1, -0.05) is 55.8 Å². The highest BCUT2D eigenvalue weighted by molar-refractivity contribution is 6.31. The van der Waals surface area contributed by atoms with Crippen LogP contribution in [-0.2, 0) is 22.6 Å². The molecular weight excluding hydrogens is 412 g/mol. The summed E-state index contributed by atoms with van der Waals surface area (Å²) in [7, 11) is 0. The van der Waals surface area contributed by atoms with E-state index in [-0.39, 0.29) is 25.0 Å². The van der Waals surface area contributed by atoms with Crippen molar-refractivity contribution in [2.45, 2.75) is 65.6 Å². The number of hydrogen-bond acceptors (Lipinski definition) is 3. The van der Waals surface area contributed by atoms with Gasteiger partial charge in [-0.15, -0.1) is 0 Å². The highest BCUT2D eigenvalue weighted by Crippen LogP contribution is 2.21. The van der Waals surface area contributed by atoms with Gasteiger partial charge in [-0.3, -0.25) is 9.59 Å². The van der Waals surface area contributed by atoms with Crippen LogP contribution in [-0.4, -0.2) is 34.9 Å². The van der Waals surface area contributed by atoms with Gasteiger partial charge in [-0.2, -0.15) is 0 Å². The van der Waals surface area contributed by atoms with Crippen LogP contribution >= 0.6 is 11.6 Å². The molecule has 0 aliphatic carbocycles. The number of nitrogens with zero attached hydrogens (tertiary/aromatic N) is 1. The lowest BCUT2D eigenvalue weighted by molar-refractivity contribution is -0.143. The number of halogens is 1. The van der Waals surface area contributed by atoms with E-state index in [2.05, 4.69) is 12.2 Å². The minimum Gasteiger partial charge on any atom is -0.484 e. The molecule has 2 aromatic carbocycles. The predicted molar refractivity (Wildman–Crippen MR) is 125 cm³/mol. The number of amides is 2. The van der Waals surface area contributed by atoms with Gasteiger partial charge < -0.3 is 15.0 Å². The summed E-state index contributed by atoms with van der Waals surface area (Å²) in [5.41, 5.74) is 1.58. The van der Waals surface area contributed by atoms with Gasteiger partial charge >= 0.3 is 0 Å². The van der Waals surface area contributed by atoms with Crippen LogP contribution in [0.5, 0.6) is 5.75 Å². The average molecular weight is 445 g/mol. The molecule has 0 radical (unpaired) electrons. The third kappa shape index (κ3) is 7.59. The third-order valence-corrected chi connectivity index (χ3v) is 5.25. The summed E-state index contributed by atoms with van der Waals surface area (Å²) in [5, 5.41) is 3.54. The fraction of sp³-hybridized carbons (Fsp3) is 0.440. The molecule has 1 N–H and O–H groups in total. The largest absolute Gasteiger partial charge is 0.484 e. The maximum absolute atomic E-state index is 13.2. The predicted octanol–water partition coefficient (Wildman–Crippen LogP) is 5.00. The van der Waals surface area contributed by atoms with Crippen molar-refractivity contribution >= 4 is 23.4 Å². The van der Waals surface area contributed by atoms with Gasteiger partial charge in [-0.25, -0.2) is 0 Å². The molecule has 2 rings (SSSR count). The Morgan fingerprint density at radius 2 is 1.71 bits per heavy atom. The Kier molecular flexibility index (Phi) is 8.93. The number of nitrogens with one attached hydrogen (secondary N) is 1. The third-order valence-electron chi connectivity index (χ3n) is 4.88. The van der Waals surface area contributed by atoms with E-state index >= 15 is 0 Å². The molecule has 2 aromatic rings. The zero-order valence-electron chi connectivity index (χ0n) is 19.1. The normalized spacial score (nSPS) is 12.2. The molecule has 0 heterocycles. The first-order chi connectivity index (χ1) is 14.6. The highest BCUT2D eigenvalue weighted by atomic mass is 35.5. The second-order valence-electron chi connectivity index (χ2n) is 8.56. The van der Waals surface area contributed by atoms with Gasteiger partial charge in [0.25, 0.3) is 5.91 Å². The van der Waals surface area contributed by atoms with E-state index in [1.165, 1.54) is 5.56 Å². The molecule has 168 valence electrons. The number of benzene rings is 2. The monoisotopic (exact) mass is 444 g/mol. The fourth-order valence-corrected chi connectivity index (χ4v) is 3.43. The van der Waals surface area contributed by atoms with Crippen molar-refractivity contribution in [1.29, 1.82) is 0 Å². The van der Waals surface area contributed by atoms with Crippen molar-refractivity contribution < 1.29 is 14.3 Å². The number of carbonyl (C=O) groups is 2. The highest BCUT2D eigenvalue weighted by Gasteiger charge is 2.31. The Bertz CT molecular complexity index is 875. The summed E-state index contributed by atoms with van der Waals surface area (Å²) in [5.74, 6) is 0.161. The van der Waals surface area contributed by atoms with Crippen LogP contribution in [0, 0.1) is 0 Å². The van der Waals surface area contributed by atoms with Crippen LogP contribution in [0.2, 0.25) is 5.02 Å². The summed E-state index contributed by atoms with van der Waals surface area (Å²) in [4.78, 5) is 27.7. The second kappa shape index (κ2) is 11.2. The molecule has 6 heteroatoms. The van der Waals surface area contributed by atoms with Gasteiger partial charge in [0.2, 0.25) is 5.91 Å². The van der Waals surface area contributed by atoms with E-state index in [1.54, 1.807) is 11.0 Å². The van der Waals surface area contributed by atoms with E-state index < -0.39 is 11.6 Å². The van der Waals surface area contributed by atoms with E-state index in [9.17, 15) is 9.59 Å². The number of hydrogen-bond donors (Lipinski definition) is 1. The molecule has 0 aliphatic heterocycles. The Hall–Kier alpha value is -2.53. The molecule has 0 saturated carbocycles. The van der Waals surface area contributed by atoms with E-state index in [1.807, 2.05) is 70.2 Å². The van der Waals surface area contributed by atoms with E-state index in [0.717, 1.165) is 12.0 Å². The van der Waals surface area contributed by atoms with Crippen LogP contribution < -0.4 is 10.1 Å². The summed E-state index contributed by atoms with van der Waals surface area (Å²) < 4.78 is 5.74. The quantitative estimate of drug-likeness (QED) is 0.591. The van der Waals surface area contributed by atoms with Crippen LogP contribution in [0.15, 0.2) is 48.5 Å². The second-order valence-corrected chi connectivity index (χ2v) is 8.97. The van der Waals surface area contributed by atoms with Gasteiger partial charge in [0.05, 0.1) is 0 Å². The minimum atomic E-state index is -0.630. The smallest absolute Gasteiger partial charge is 0.261 e. The molecule has 1 unspecified atom stereocenters. The SMILES string of the molecule is CCc1ccc(OCC(=O)N(Cc2ccccc2Cl)C(CC)C(=O)NC(C)(C)C)cc1. The van der Waals surface area contributed by atoms with E-state index in [4.69, 9.17) is 16.3 Å². The van der Waals surface area contributed by atoms with Crippen molar-refractivity contribution in [2.75, 3.05) is 6.61 Å². The van der Waals surface area contributed by atoms with E-state index in [0.29, 0.717) is 17.2 Å². The first-order valence-corrected chi connectivity index (χ1v) is 11.1. The van der Waals surface area contributed by atoms with Crippen LogP contribution in [0.1, 0.15) is 52.2 Å². The lowest BCUT2D eigenvalue weighted by atomic mass is 10.1. The molecule has 0 saturated heterocycles. The molecule has 0 aromatic heterocycles. The Labute approximate surface area is 190 Å². The molecule has 0 aliphatic rings. The fourth-order valence-electron chi connectivity index (χ4n) is 3.23. The molecule has 0 spiro atoms. The summed E-state index contributed by atoms with van der Waals surface area (Å²) in [6, 6.07) is 14.4. The maximum atomic E-state index is 13.2. The van der Waals surface area contributed by atoms with Gasteiger partial charge in [0.15, 0.2) is 6.61 Å². The summed E-state index contributed by atoms with van der Waals surface area (Å²) in [6.45, 7) is 9.80. The zero-order chi connectivity index (χ0) is 23.0. The van der Waals surface area contributed by atoms with Gasteiger partial charge in [-0.05, 0) is 62.9 Å². The van der Waals surface area contributed by atoms with Crippen LogP contribution in [0.4, 0.5) is 0 Å². The molecule has 0 fully saturated rings. The molecular formula is C25H33ClN2O3. The van der Waals surface area contributed by atoms with Crippen LogP contribution in [0.25, 0.3) is 0 Å². The van der Waals surface area contributed by atoms with Crippen molar-refractivity contribution in [1.82, 2.24) is 10.2 Å². The Balaban J connectivity index is 2.22. The molecule has 31 heavy (non-hydrogen) atoms. The van der Waals surface area contributed by atoms with Crippen molar-refractivity contribution in [3.63, 3.8) is 0 Å². The Morgan fingerprint density at radius 3 is 2.26 bits per heavy atom. The molecule has 2 amide bonds. The molecule has 5 nitrogen and oxygen atoms in total. The van der Waals surface area contributed by atoms with Gasteiger partial charge in [0.1, 0.15) is 11.8 Å². The maximum Gasteiger partial charge on any atom is 0.261 e. The van der Waals surface area contributed by atoms with Crippen molar-refractivity contribution in [2.24, 2.45) is 0 Å². The minimum absolute atomic E-state index is 0.158. The first-order valence-electron chi connectivity index (χ1n) is 10.7. The van der Waals surface area contributed by atoms with Gasteiger partial charge in [0, 0.05) is 17.1 Å². The summed E-state index contributed by atoms with van der Waals surface area (Å²) in [6.07, 6.45) is 1.41. The number of carbonyl (C=O) groups excluding carboxylic acids is 2. The lowest BCUT2D eigenvalue weighted by Crippen LogP contribution is -2.54. The number of aryl methyl sites for hydroxylation is 1. The average Bonchev–Trinajstić information content (AvgIpc) is 2.72. The standard InChI is InChI=1S/C25H33ClN2O3/c1-6-18-12-14-20(15-13-18)31-17-23(29)28(16-19-10-8-9-11-21(19)26)22(7-2)24(30)27-25(3,4)5/h8-15,22H,6-7,16-17H2,1-5H3,(H,27,30). The summed E-state index contributed by atoms with van der Waals surface area (Å²) >= 11 is 6.34. The molecule has 1 atom stereocenters. The van der Waals surface area contributed by atoms with Crippen molar-refractivity contribution in [3.8, 4) is 5.75 Å². The number of ether oxygens (including phenoxy) is 1. The van der Waals surface area contributed by atoms with Crippen molar-refractivity contribution in [3.05, 3.63) is 64.7 Å². The van der Waals surface area contributed by atoms with Crippen LogP contribution in [0.3, 0.4) is 0 Å². The topological polar surface area (TPSA) is 58.6 Å². The number of rotatable bonds is 9. The molecule has 0 bridgehead atoms. The Morgan fingerprint density at radius 1 is 1.06 bits per heavy atom. The lowest BCUT2D eigenvalue weighted by Gasteiger charge is -2.33. The first kappa shape index (κ1) is 24.7.